The Kier molecular flexibility index (Phi) is 3.39. The zero-order valence-corrected chi connectivity index (χ0v) is 8.75. The van der Waals surface area contributed by atoms with Crippen LogP contribution in [0.4, 0.5) is 4.79 Å². The van der Waals surface area contributed by atoms with E-state index in [0.29, 0.717) is 5.96 Å². The van der Waals surface area contributed by atoms with Gasteiger partial charge in [-0.05, 0) is 13.0 Å². The van der Waals surface area contributed by atoms with E-state index in [1.807, 2.05) is 4.90 Å². The Bertz CT molecular complexity index is 257. The van der Waals surface area contributed by atoms with E-state index in [1.54, 1.807) is 0 Å². The zero-order valence-electron chi connectivity index (χ0n) is 8.75. The Hall–Kier alpha value is -1.30. The third-order valence-electron chi connectivity index (χ3n) is 2.53. The molecule has 1 fully saturated rings. The molecule has 6 nitrogen and oxygen atoms in total. The highest BCUT2D eigenvalue weighted by atomic mass is 16.2. The van der Waals surface area contributed by atoms with Crippen LogP contribution in [0.5, 0.6) is 0 Å². The SMILES string of the molecule is O=C(NC1=NCCN1)N1CCCNCC1. The maximum absolute atomic E-state index is 11.8. The van der Waals surface area contributed by atoms with Crippen molar-refractivity contribution in [1.82, 2.24) is 20.9 Å². The van der Waals surface area contributed by atoms with Gasteiger partial charge in [0.25, 0.3) is 0 Å². The fraction of sp³-hybridized carbons (Fsp3) is 0.778. The van der Waals surface area contributed by atoms with Gasteiger partial charge in [0.15, 0.2) is 5.96 Å². The molecule has 0 aromatic carbocycles. The van der Waals surface area contributed by atoms with E-state index in [0.717, 1.165) is 45.7 Å². The van der Waals surface area contributed by atoms with E-state index in [4.69, 9.17) is 0 Å². The molecule has 0 atom stereocenters. The van der Waals surface area contributed by atoms with Crippen molar-refractivity contribution in [3.05, 3.63) is 0 Å². The number of carbonyl (C=O) groups excluding carboxylic acids is 1. The Morgan fingerprint density at radius 1 is 1.33 bits per heavy atom. The number of nitrogens with one attached hydrogen (secondary N) is 3. The highest BCUT2D eigenvalue weighted by Gasteiger charge is 2.17. The predicted octanol–water partition coefficient (Wildman–Crippen LogP) is -1.05. The lowest BCUT2D eigenvalue weighted by Gasteiger charge is -2.20. The first kappa shape index (κ1) is 10.2. The minimum absolute atomic E-state index is 0.0492. The number of hydrogen-bond acceptors (Lipinski definition) is 4. The smallest absolute Gasteiger partial charge is 0.324 e. The van der Waals surface area contributed by atoms with Crippen LogP contribution < -0.4 is 16.0 Å². The number of urea groups is 1. The largest absolute Gasteiger partial charge is 0.354 e. The molecule has 0 aromatic heterocycles. The normalized spacial score (nSPS) is 21.6. The fourth-order valence-corrected chi connectivity index (χ4v) is 1.71. The average molecular weight is 211 g/mol. The van der Waals surface area contributed by atoms with Crippen molar-refractivity contribution in [3.63, 3.8) is 0 Å². The third-order valence-corrected chi connectivity index (χ3v) is 2.53. The van der Waals surface area contributed by atoms with Crippen molar-refractivity contribution in [2.45, 2.75) is 6.42 Å². The molecule has 2 aliphatic heterocycles. The lowest BCUT2D eigenvalue weighted by atomic mass is 10.4. The van der Waals surface area contributed by atoms with Crippen LogP contribution in [0, 0.1) is 0 Å². The van der Waals surface area contributed by atoms with Gasteiger partial charge in [-0.1, -0.05) is 0 Å². The minimum Gasteiger partial charge on any atom is -0.354 e. The summed E-state index contributed by atoms with van der Waals surface area (Å²) in [5.41, 5.74) is 0. The predicted molar refractivity (Wildman–Crippen MR) is 57.9 cm³/mol. The van der Waals surface area contributed by atoms with Crippen LogP contribution in [0.3, 0.4) is 0 Å². The second-order valence-corrected chi connectivity index (χ2v) is 3.68. The zero-order chi connectivity index (χ0) is 10.5. The van der Waals surface area contributed by atoms with Gasteiger partial charge in [-0.15, -0.1) is 0 Å². The highest BCUT2D eigenvalue weighted by Crippen LogP contribution is 1.96. The number of rotatable bonds is 0. The van der Waals surface area contributed by atoms with Gasteiger partial charge in [0.1, 0.15) is 0 Å². The Balaban J connectivity index is 1.83. The van der Waals surface area contributed by atoms with Gasteiger partial charge in [0.2, 0.25) is 0 Å². The summed E-state index contributed by atoms with van der Waals surface area (Å²) >= 11 is 0. The summed E-state index contributed by atoms with van der Waals surface area (Å²) in [6.45, 7) is 5.00. The van der Waals surface area contributed by atoms with Gasteiger partial charge in [0, 0.05) is 26.2 Å². The Morgan fingerprint density at radius 2 is 2.27 bits per heavy atom. The molecule has 2 rings (SSSR count). The molecule has 0 unspecified atom stereocenters. The van der Waals surface area contributed by atoms with E-state index < -0.39 is 0 Å². The molecule has 0 bridgehead atoms. The molecule has 84 valence electrons. The standard InChI is InChI=1S/C9H17N5O/c15-9(13-8-11-3-4-12-8)14-6-1-2-10-5-7-14/h10H,1-7H2,(H2,11,12,13,15). The van der Waals surface area contributed by atoms with Crippen molar-refractivity contribution in [1.29, 1.82) is 0 Å². The summed E-state index contributed by atoms with van der Waals surface area (Å²) < 4.78 is 0. The van der Waals surface area contributed by atoms with Gasteiger partial charge in [-0.25, -0.2) is 4.79 Å². The summed E-state index contributed by atoms with van der Waals surface area (Å²) in [7, 11) is 0. The third kappa shape index (κ3) is 2.82. The molecule has 6 heteroatoms. The molecule has 0 saturated carbocycles. The molecule has 1 saturated heterocycles. The Morgan fingerprint density at radius 3 is 3.07 bits per heavy atom. The van der Waals surface area contributed by atoms with Gasteiger partial charge in [-0.2, -0.15) is 0 Å². The van der Waals surface area contributed by atoms with Crippen LogP contribution >= 0.6 is 0 Å². The van der Waals surface area contributed by atoms with Gasteiger partial charge >= 0.3 is 6.03 Å². The molecule has 15 heavy (non-hydrogen) atoms. The molecule has 0 aliphatic carbocycles. The van der Waals surface area contributed by atoms with Crippen LogP contribution in [0.25, 0.3) is 0 Å². The molecule has 2 amide bonds. The van der Waals surface area contributed by atoms with Crippen LogP contribution in [0.2, 0.25) is 0 Å². The van der Waals surface area contributed by atoms with Gasteiger partial charge < -0.3 is 15.5 Å². The lowest BCUT2D eigenvalue weighted by molar-refractivity contribution is 0.206. The first-order chi connectivity index (χ1) is 7.36. The number of nitrogens with zero attached hydrogens (tertiary/aromatic N) is 2. The molecular weight excluding hydrogens is 194 g/mol. The monoisotopic (exact) mass is 211 g/mol. The molecule has 2 heterocycles. The van der Waals surface area contributed by atoms with E-state index in [2.05, 4.69) is 20.9 Å². The van der Waals surface area contributed by atoms with Crippen LogP contribution in [0.15, 0.2) is 4.99 Å². The van der Waals surface area contributed by atoms with Crippen LogP contribution in [0.1, 0.15) is 6.42 Å². The molecule has 3 N–H and O–H groups in total. The fourth-order valence-electron chi connectivity index (χ4n) is 1.71. The van der Waals surface area contributed by atoms with Crippen LogP contribution in [-0.4, -0.2) is 56.2 Å². The minimum atomic E-state index is -0.0492. The average Bonchev–Trinajstić information content (AvgIpc) is 2.58. The van der Waals surface area contributed by atoms with Crippen molar-refractivity contribution in [2.75, 3.05) is 39.3 Å². The topological polar surface area (TPSA) is 68.8 Å². The quantitative estimate of drug-likeness (QED) is 0.479. The summed E-state index contributed by atoms with van der Waals surface area (Å²) in [6.07, 6.45) is 1.01. The van der Waals surface area contributed by atoms with E-state index in [-0.39, 0.29) is 6.03 Å². The van der Waals surface area contributed by atoms with Crippen molar-refractivity contribution >= 4 is 12.0 Å². The van der Waals surface area contributed by atoms with Crippen molar-refractivity contribution < 1.29 is 4.79 Å². The summed E-state index contributed by atoms with van der Waals surface area (Å²) in [5.74, 6) is 0.609. The van der Waals surface area contributed by atoms with E-state index in [1.165, 1.54) is 0 Å². The maximum atomic E-state index is 11.8. The molecule has 0 aromatic rings. The van der Waals surface area contributed by atoms with E-state index in [9.17, 15) is 4.79 Å². The second kappa shape index (κ2) is 4.97. The first-order valence-electron chi connectivity index (χ1n) is 5.41. The number of guanidine groups is 1. The van der Waals surface area contributed by atoms with Crippen LogP contribution in [-0.2, 0) is 0 Å². The number of aliphatic imine (C=N–C) groups is 1. The first-order valence-corrected chi connectivity index (χ1v) is 5.41. The number of amides is 2. The van der Waals surface area contributed by atoms with Crippen molar-refractivity contribution in [2.24, 2.45) is 4.99 Å². The van der Waals surface area contributed by atoms with Crippen molar-refractivity contribution in [3.8, 4) is 0 Å². The van der Waals surface area contributed by atoms with Gasteiger partial charge in [-0.3, -0.25) is 10.3 Å². The molecule has 0 spiro atoms. The maximum Gasteiger partial charge on any atom is 0.324 e. The number of hydrogen-bond donors (Lipinski definition) is 3. The van der Waals surface area contributed by atoms with Gasteiger partial charge in [0.05, 0.1) is 6.54 Å². The molecule has 2 aliphatic rings. The summed E-state index contributed by atoms with van der Waals surface area (Å²) in [4.78, 5) is 17.7. The summed E-state index contributed by atoms with van der Waals surface area (Å²) in [6, 6.07) is -0.0492. The highest BCUT2D eigenvalue weighted by molar-refractivity contribution is 5.96. The molecular formula is C9H17N5O. The molecule has 0 radical (unpaired) electrons. The number of carbonyl (C=O) groups is 1. The second-order valence-electron chi connectivity index (χ2n) is 3.68. The van der Waals surface area contributed by atoms with E-state index >= 15 is 0 Å². The lowest BCUT2D eigenvalue weighted by Crippen LogP contribution is -2.47. The summed E-state index contributed by atoms with van der Waals surface area (Å²) in [5, 5.41) is 9.05. The Labute approximate surface area is 89.1 Å².